The summed E-state index contributed by atoms with van der Waals surface area (Å²) in [6, 6.07) is 12.0. The van der Waals surface area contributed by atoms with Crippen molar-refractivity contribution in [3.8, 4) is 0 Å². The third-order valence-electron chi connectivity index (χ3n) is 0.667. The molecule has 0 aliphatic heterocycles. The summed E-state index contributed by atoms with van der Waals surface area (Å²) >= 11 is 0. The summed E-state index contributed by atoms with van der Waals surface area (Å²) in [5, 5.41) is 0. The van der Waals surface area contributed by atoms with Crippen LogP contribution >= 0.6 is 0 Å². The summed E-state index contributed by atoms with van der Waals surface area (Å²) in [5.74, 6) is 0. The first-order valence-corrected chi connectivity index (χ1v) is 2.00. The van der Waals surface area contributed by atoms with E-state index in [1.54, 1.807) is 0 Å². The van der Waals surface area contributed by atoms with E-state index in [2.05, 4.69) is 0 Å². The van der Waals surface area contributed by atoms with Crippen LogP contribution in [0.25, 0.3) is 0 Å². The molecular formula is C6H9Li3. The van der Waals surface area contributed by atoms with Gasteiger partial charge >= 0.3 is 56.6 Å². The Balaban J connectivity index is -0.0000000150. The molecule has 3 heteroatoms. The molecule has 0 aliphatic carbocycles. The summed E-state index contributed by atoms with van der Waals surface area (Å²) in [6.45, 7) is 0. The molecule has 0 saturated carbocycles. The maximum atomic E-state index is 2.00. The number of rotatable bonds is 0. The maximum Gasteiger partial charge on any atom is 1.00 e. The Morgan fingerprint density at radius 1 is 0.444 bits per heavy atom. The Morgan fingerprint density at radius 3 is 0.667 bits per heavy atom. The Morgan fingerprint density at radius 2 is 0.556 bits per heavy atom. The average Bonchev–Trinajstić information content (AvgIpc) is 1.72. The first-order valence-electron chi connectivity index (χ1n) is 2.00. The molecule has 0 amide bonds. The molecule has 0 N–H and O–H groups in total. The second-order valence-corrected chi connectivity index (χ2v) is 1.15. The van der Waals surface area contributed by atoms with E-state index in [1.807, 2.05) is 36.4 Å². The summed E-state index contributed by atoms with van der Waals surface area (Å²) in [6.07, 6.45) is 0. The summed E-state index contributed by atoms with van der Waals surface area (Å²) < 4.78 is 0. The maximum absolute atomic E-state index is 2.00. The van der Waals surface area contributed by atoms with Crippen LogP contribution in [-0.2, 0) is 0 Å². The van der Waals surface area contributed by atoms with Gasteiger partial charge in [0.15, 0.2) is 0 Å². The minimum absolute atomic E-state index is 0. The van der Waals surface area contributed by atoms with Crippen LogP contribution in [0.5, 0.6) is 0 Å². The minimum Gasteiger partial charge on any atom is -1.00 e. The predicted octanol–water partition coefficient (Wildman–Crippen LogP) is -6.96. The van der Waals surface area contributed by atoms with Crippen LogP contribution in [0.3, 0.4) is 0 Å². The zero-order chi connectivity index (χ0) is 4.24. The Bertz CT molecular complexity index is 90.0. The zero-order valence-corrected chi connectivity index (χ0v) is 6.46. The van der Waals surface area contributed by atoms with E-state index in [9.17, 15) is 0 Å². The molecule has 0 fully saturated rings. The van der Waals surface area contributed by atoms with Crippen LogP contribution in [0.2, 0.25) is 0 Å². The van der Waals surface area contributed by atoms with Gasteiger partial charge in [0.2, 0.25) is 0 Å². The molecule has 0 spiro atoms. The van der Waals surface area contributed by atoms with Gasteiger partial charge in [-0.1, -0.05) is 36.4 Å². The molecule has 1 aromatic rings. The van der Waals surface area contributed by atoms with Gasteiger partial charge in [-0.25, -0.2) is 0 Å². The fraction of sp³-hybridized carbons (Fsp3) is 0. The molecule has 1 aromatic carbocycles. The van der Waals surface area contributed by atoms with Crippen LogP contribution in [0.4, 0.5) is 0 Å². The van der Waals surface area contributed by atoms with Gasteiger partial charge < -0.3 is 4.28 Å². The molecule has 0 nitrogen and oxygen atoms in total. The molecular weight excluding hydrogens is 92.9 g/mol. The van der Waals surface area contributed by atoms with Gasteiger partial charge in [-0.2, -0.15) is 0 Å². The number of hydrogen-bond donors (Lipinski definition) is 0. The molecule has 0 radical (unpaired) electrons. The normalized spacial score (nSPS) is 5.33. The van der Waals surface area contributed by atoms with Gasteiger partial charge in [-0.15, -0.1) is 0 Å². The van der Waals surface area contributed by atoms with Crippen LogP contribution in [0, 0.1) is 0 Å². The molecule has 9 heavy (non-hydrogen) atoms. The molecule has 0 atom stereocenters. The predicted molar refractivity (Wildman–Crippen MR) is 29.8 cm³/mol. The monoisotopic (exact) mass is 102 g/mol. The van der Waals surface area contributed by atoms with Gasteiger partial charge in [0.05, 0.1) is 0 Å². The average molecular weight is 102 g/mol. The Kier molecular flexibility index (Phi) is 21.6. The minimum atomic E-state index is 0. The van der Waals surface area contributed by atoms with Crippen molar-refractivity contribution in [3.05, 3.63) is 36.4 Å². The van der Waals surface area contributed by atoms with Gasteiger partial charge in [-0.3, -0.25) is 0 Å². The van der Waals surface area contributed by atoms with E-state index in [-0.39, 0.29) is 60.9 Å². The van der Waals surface area contributed by atoms with E-state index in [1.165, 1.54) is 0 Å². The van der Waals surface area contributed by atoms with Crippen molar-refractivity contribution in [2.75, 3.05) is 0 Å². The molecule has 0 heterocycles. The largest absolute Gasteiger partial charge is 1.00 e. The van der Waals surface area contributed by atoms with Crippen LogP contribution in [0.1, 0.15) is 4.28 Å². The SMILES string of the molecule is [H-].[H-].[H-].[Li+].[Li+].[Li+].c1ccccc1. The molecule has 0 saturated heterocycles. The van der Waals surface area contributed by atoms with Crippen molar-refractivity contribution < 1.29 is 60.9 Å². The van der Waals surface area contributed by atoms with Crippen LogP contribution in [0.15, 0.2) is 36.4 Å². The number of hydrogen-bond acceptors (Lipinski definition) is 0. The quantitative estimate of drug-likeness (QED) is 0.285. The van der Waals surface area contributed by atoms with E-state index in [0.29, 0.717) is 0 Å². The molecule has 0 unspecified atom stereocenters. The first kappa shape index (κ1) is 16.5. The van der Waals surface area contributed by atoms with Crippen molar-refractivity contribution in [3.63, 3.8) is 0 Å². The molecule has 36 valence electrons. The molecule has 0 aliphatic rings. The van der Waals surface area contributed by atoms with Crippen molar-refractivity contribution >= 4 is 0 Å². The van der Waals surface area contributed by atoms with Gasteiger partial charge in [0, 0.05) is 0 Å². The Labute approximate surface area is 96.8 Å². The molecule has 0 bridgehead atoms. The van der Waals surface area contributed by atoms with E-state index in [4.69, 9.17) is 0 Å². The van der Waals surface area contributed by atoms with E-state index >= 15 is 0 Å². The van der Waals surface area contributed by atoms with E-state index in [0.717, 1.165) is 0 Å². The summed E-state index contributed by atoms with van der Waals surface area (Å²) in [5.41, 5.74) is 0. The third-order valence-corrected chi connectivity index (χ3v) is 0.667. The fourth-order valence-electron chi connectivity index (χ4n) is 0.385. The second kappa shape index (κ2) is 11.8. The summed E-state index contributed by atoms with van der Waals surface area (Å²) in [7, 11) is 0. The van der Waals surface area contributed by atoms with Gasteiger partial charge in [-0.05, 0) is 0 Å². The standard InChI is InChI=1S/C6H6.3Li.3H/c1-2-4-6-5-3-1;;;;;;/h1-6H;;;;;;/q;3*+1;3*-1. The Hall–Kier alpha value is 1.01. The number of benzene rings is 1. The van der Waals surface area contributed by atoms with Crippen molar-refractivity contribution in [2.24, 2.45) is 0 Å². The van der Waals surface area contributed by atoms with Crippen LogP contribution < -0.4 is 56.6 Å². The van der Waals surface area contributed by atoms with E-state index < -0.39 is 0 Å². The van der Waals surface area contributed by atoms with Crippen molar-refractivity contribution in [2.45, 2.75) is 0 Å². The zero-order valence-electron chi connectivity index (χ0n) is 9.46. The summed E-state index contributed by atoms with van der Waals surface area (Å²) in [4.78, 5) is 0. The fourth-order valence-corrected chi connectivity index (χ4v) is 0.385. The molecule has 0 aromatic heterocycles. The smallest absolute Gasteiger partial charge is 1.00 e. The van der Waals surface area contributed by atoms with Gasteiger partial charge in [0.1, 0.15) is 0 Å². The van der Waals surface area contributed by atoms with Crippen LogP contribution in [-0.4, -0.2) is 0 Å². The third kappa shape index (κ3) is 9.01. The first-order chi connectivity index (χ1) is 3.00. The van der Waals surface area contributed by atoms with Crippen molar-refractivity contribution in [1.82, 2.24) is 0 Å². The topological polar surface area (TPSA) is 0 Å². The van der Waals surface area contributed by atoms with Crippen molar-refractivity contribution in [1.29, 1.82) is 0 Å². The second-order valence-electron chi connectivity index (χ2n) is 1.15. The van der Waals surface area contributed by atoms with Gasteiger partial charge in [0.25, 0.3) is 0 Å². The molecule has 1 rings (SSSR count).